The van der Waals surface area contributed by atoms with Gasteiger partial charge in [0.15, 0.2) is 0 Å². The van der Waals surface area contributed by atoms with Crippen LogP contribution in [0.4, 0.5) is 4.79 Å². The summed E-state index contributed by atoms with van der Waals surface area (Å²) in [5, 5.41) is 2.77. The van der Waals surface area contributed by atoms with Gasteiger partial charge in [0.1, 0.15) is 0 Å². The van der Waals surface area contributed by atoms with Crippen LogP contribution < -0.4 is 11.1 Å². The summed E-state index contributed by atoms with van der Waals surface area (Å²) in [7, 11) is 0. The van der Waals surface area contributed by atoms with E-state index in [0.29, 0.717) is 38.4 Å². The Morgan fingerprint density at radius 2 is 2.18 bits per heavy atom. The summed E-state index contributed by atoms with van der Waals surface area (Å²) in [6.07, 6.45) is 3.10. The number of hydrogen-bond donors (Lipinski definition) is 2. The summed E-state index contributed by atoms with van der Waals surface area (Å²) in [6.45, 7) is 2.96. The molecule has 3 amide bonds. The topological polar surface area (TPSA) is 84.7 Å². The molecule has 0 atom stereocenters. The molecule has 0 aliphatic carbocycles. The van der Waals surface area contributed by atoms with E-state index in [0.717, 1.165) is 31.0 Å². The van der Waals surface area contributed by atoms with E-state index < -0.39 is 0 Å². The Morgan fingerprint density at radius 3 is 2.76 bits per heavy atom. The predicted molar refractivity (Wildman–Crippen MR) is 63.4 cm³/mol. The standard InChI is InChI=1S/C11H21N3O3/c12-4-1-5-14(9-15)11(16)13-8-10-2-6-17-7-3-10/h9-10H,1-8,12H2,(H,13,16). The van der Waals surface area contributed by atoms with Gasteiger partial charge in [-0.3, -0.25) is 9.69 Å². The molecule has 3 N–H and O–H groups in total. The minimum atomic E-state index is -0.333. The van der Waals surface area contributed by atoms with Crippen LogP contribution in [0.25, 0.3) is 0 Å². The lowest BCUT2D eigenvalue weighted by Gasteiger charge is -2.23. The van der Waals surface area contributed by atoms with Crippen LogP contribution in [0.3, 0.4) is 0 Å². The fraction of sp³-hybridized carbons (Fsp3) is 0.818. The average molecular weight is 243 g/mol. The third-order valence-corrected chi connectivity index (χ3v) is 2.87. The van der Waals surface area contributed by atoms with Crippen molar-refractivity contribution >= 4 is 12.4 Å². The SMILES string of the molecule is NCCCN(C=O)C(=O)NCC1CCOCC1. The van der Waals surface area contributed by atoms with Crippen molar-refractivity contribution in [2.45, 2.75) is 19.3 Å². The summed E-state index contributed by atoms with van der Waals surface area (Å²) in [4.78, 5) is 23.5. The second-order valence-corrected chi connectivity index (χ2v) is 4.18. The number of nitrogens with two attached hydrogens (primary N) is 1. The summed E-state index contributed by atoms with van der Waals surface area (Å²) in [5.41, 5.74) is 5.33. The molecule has 0 unspecified atom stereocenters. The van der Waals surface area contributed by atoms with Gasteiger partial charge in [-0.15, -0.1) is 0 Å². The van der Waals surface area contributed by atoms with Crippen molar-refractivity contribution in [1.82, 2.24) is 10.2 Å². The summed E-state index contributed by atoms with van der Waals surface area (Å²) in [6, 6.07) is -0.333. The van der Waals surface area contributed by atoms with Gasteiger partial charge in [-0.25, -0.2) is 4.79 Å². The van der Waals surface area contributed by atoms with Crippen molar-refractivity contribution in [3.05, 3.63) is 0 Å². The van der Waals surface area contributed by atoms with Gasteiger partial charge in [-0.2, -0.15) is 0 Å². The van der Waals surface area contributed by atoms with Crippen molar-refractivity contribution in [3.8, 4) is 0 Å². The Balaban J connectivity index is 2.23. The zero-order chi connectivity index (χ0) is 12.5. The number of hydrogen-bond acceptors (Lipinski definition) is 4. The van der Waals surface area contributed by atoms with Crippen LogP contribution in [0.2, 0.25) is 0 Å². The minimum Gasteiger partial charge on any atom is -0.381 e. The Hall–Kier alpha value is -1.14. The molecular formula is C11H21N3O3. The van der Waals surface area contributed by atoms with Crippen LogP contribution in [0.1, 0.15) is 19.3 Å². The van der Waals surface area contributed by atoms with Crippen LogP contribution in [-0.2, 0) is 9.53 Å². The molecule has 1 saturated heterocycles. The molecule has 17 heavy (non-hydrogen) atoms. The molecule has 1 aliphatic heterocycles. The molecule has 6 heteroatoms. The third kappa shape index (κ3) is 5.14. The second kappa shape index (κ2) is 8.03. The monoisotopic (exact) mass is 243 g/mol. The smallest absolute Gasteiger partial charge is 0.323 e. The number of nitrogens with one attached hydrogen (secondary N) is 1. The lowest BCUT2D eigenvalue weighted by Crippen LogP contribution is -2.42. The molecule has 0 aromatic carbocycles. The number of carbonyl (C=O) groups excluding carboxylic acids is 2. The van der Waals surface area contributed by atoms with E-state index in [9.17, 15) is 9.59 Å². The Labute approximate surface area is 101 Å². The largest absolute Gasteiger partial charge is 0.381 e. The number of imide groups is 1. The first-order chi connectivity index (χ1) is 8.27. The quantitative estimate of drug-likeness (QED) is 0.639. The number of ether oxygens (including phenoxy) is 1. The van der Waals surface area contributed by atoms with Crippen molar-refractivity contribution in [2.24, 2.45) is 11.7 Å². The number of rotatable bonds is 6. The van der Waals surface area contributed by atoms with E-state index in [-0.39, 0.29) is 6.03 Å². The van der Waals surface area contributed by atoms with Crippen LogP contribution in [0.15, 0.2) is 0 Å². The zero-order valence-corrected chi connectivity index (χ0v) is 10.1. The summed E-state index contributed by atoms with van der Waals surface area (Å²) < 4.78 is 5.24. The highest BCUT2D eigenvalue weighted by molar-refractivity contribution is 5.84. The first kappa shape index (κ1) is 13.9. The zero-order valence-electron chi connectivity index (χ0n) is 10.1. The number of amides is 3. The van der Waals surface area contributed by atoms with Gasteiger partial charge in [0.05, 0.1) is 0 Å². The lowest BCUT2D eigenvalue weighted by atomic mass is 10.0. The highest BCUT2D eigenvalue weighted by Gasteiger charge is 2.17. The maximum Gasteiger partial charge on any atom is 0.323 e. The Kier molecular flexibility index (Phi) is 6.57. The van der Waals surface area contributed by atoms with Gasteiger partial charge in [0.2, 0.25) is 6.41 Å². The van der Waals surface area contributed by atoms with E-state index >= 15 is 0 Å². The molecule has 1 aliphatic rings. The van der Waals surface area contributed by atoms with E-state index in [1.807, 2.05) is 0 Å². The number of nitrogens with zero attached hydrogens (tertiary/aromatic N) is 1. The maximum absolute atomic E-state index is 11.6. The molecule has 0 radical (unpaired) electrons. The first-order valence-electron chi connectivity index (χ1n) is 6.05. The fourth-order valence-electron chi connectivity index (χ4n) is 1.75. The third-order valence-electron chi connectivity index (χ3n) is 2.87. The molecule has 0 aromatic heterocycles. The number of urea groups is 1. The van der Waals surface area contributed by atoms with Crippen LogP contribution in [0.5, 0.6) is 0 Å². The summed E-state index contributed by atoms with van der Waals surface area (Å²) >= 11 is 0. The lowest BCUT2D eigenvalue weighted by molar-refractivity contribution is -0.115. The highest BCUT2D eigenvalue weighted by atomic mass is 16.5. The van der Waals surface area contributed by atoms with Crippen LogP contribution in [-0.4, -0.2) is 50.2 Å². The normalized spacial score (nSPS) is 16.5. The van der Waals surface area contributed by atoms with Gasteiger partial charge < -0.3 is 15.8 Å². The van der Waals surface area contributed by atoms with Gasteiger partial charge in [0.25, 0.3) is 0 Å². The van der Waals surface area contributed by atoms with Gasteiger partial charge in [-0.05, 0) is 31.7 Å². The maximum atomic E-state index is 11.6. The molecule has 0 bridgehead atoms. The number of carbonyl (C=O) groups is 2. The van der Waals surface area contributed by atoms with Crippen molar-refractivity contribution in [1.29, 1.82) is 0 Å². The molecule has 1 heterocycles. The second-order valence-electron chi connectivity index (χ2n) is 4.18. The molecule has 1 fully saturated rings. The van der Waals surface area contributed by atoms with E-state index in [4.69, 9.17) is 10.5 Å². The van der Waals surface area contributed by atoms with Crippen LogP contribution in [0, 0.1) is 5.92 Å². The fourth-order valence-corrected chi connectivity index (χ4v) is 1.75. The van der Waals surface area contributed by atoms with Crippen molar-refractivity contribution in [3.63, 3.8) is 0 Å². The van der Waals surface area contributed by atoms with Crippen molar-refractivity contribution < 1.29 is 14.3 Å². The predicted octanol–water partition coefficient (Wildman–Crippen LogP) is -0.0702. The molecule has 0 aromatic rings. The highest BCUT2D eigenvalue weighted by Crippen LogP contribution is 2.13. The van der Waals surface area contributed by atoms with Crippen molar-refractivity contribution in [2.75, 3.05) is 32.8 Å². The molecule has 0 saturated carbocycles. The minimum absolute atomic E-state index is 0.333. The average Bonchev–Trinajstić information content (AvgIpc) is 2.38. The first-order valence-corrected chi connectivity index (χ1v) is 6.05. The Morgan fingerprint density at radius 1 is 1.47 bits per heavy atom. The molecule has 1 rings (SSSR count). The molecular weight excluding hydrogens is 222 g/mol. The van der Waals surface area contributed by atoms with Crippen LogP contribution >= 0.6 is 0 Å². The van der Waals surface area contributed by atoms with Gasteiger partial charge in [0, 0.05) is 26.3 Å². The molecule has 0 spiro atoms. The van der Waals surface area contributed by atoms with Gasteiger partial charge in [-0.1, -0.05) is 0 Å². The molecule has 98 valence electrons. The summed E-state index contributed by atoms with van der Waals surface area (Å²) in [5.74, 6) is 0.454. The van der Waals surface area contributed by atoms with E-state index in [2.05, 4.69) is 5.32 Å². The van der Waals surface area contributed by atoms with E-state index in [1.54, 1.807) is 0 Å². The Bertz CT molecular complexity index is 242. The van der Waals surface area contributed by atoms with E-state index in [1.165, 1.54) is 0 Å². The van der Waals surface area contributed by atoms with Gasteiger partial charge >= 0.3 is 6.03 Å². The molecule has 6 nitrogen and oxygen atoms in total.